The number of hydrogen-bond donors (Lipinski definition) is 1. The van der Waals surface area contributed by atoms with Gasteiger partial charge in [-0.25, -0.2) is 0 Å². The van der Waals surface area contributed by atoms with E-state index in [0.29, 0.717) is 17.0 Å². The Labute approximate surface area is 154 Å². The van der Waals surface area contributed by atoms with Crippen molar-refractivity contribution >= 4 is 29.1 Å². The third-order valence-electron chi connectivity index (χ3n) is 3.99. The second-order valence-electron chi connectivity index (χ2n) is 7.20. The molecule has 0 aliphatic heterocycles. The lowest BCUT2D eigenvalue weighted by Gasteiger charge is -2.20. The molecule has 2 aromatic rings. The first kappa shape index (κ1) is 19.3. The number of hydrogen-bond acceptors (Lipinski definition) is 3. The maximum Gasteiger partial charge on any atom is 0.234 e. The standard InChI is InChI=1S/C21H25NO2S/c1-14-6-9-17(21(3,4)5)12-19(14)25-13-20(24)22-18-10-7-16(8-11-18)15(2)23/h6-12H,13H2,1-5H3,(H,22,24). The van der Waals surface area contributed by atoms with Gasteiger partial charge in [0.15, 0.2) is 5.78 Å². The number of rotatable bonds is 5. The molecule has 1 amide bonds. The van der Waals surface area contributed by atoms with Crippen molar-refractivity contribution in [2.24, 2.45) is 0 Å². The van der Waals surface area contributed by atoms with Gasteiger partial charge in [0.25, 0.3) is 0 Å². The zero-order valence-corrected chi connectivity index (χ0v) is 16.3. The van der Waals surface area contributed by atoms with Crippen LogP contribution in [0.2, 0.25) is 0 Å². The molecule has 1 N–H and O–H groups in total. The van der Waals surface area contributed by atoms with Gasteiger partial charge in [0.1, 0.15) is 0 Å². The number of carbonyl (C=O) groups is 2. The zero-order valence-electron chi connectivity index (χ0n) is 15.5. The highest BCUT2D eigenvalue weighted by atomic mass is 32.2. The molecule has 0 saturated carbocycles. The summed E-state index contributed by atoms with van der Waals surface area (Å²) in [5, 5.41) is 2.87. The van der Waals surface area contributed by atoms with Gasteiger partial charge in [-0.3, -0.25) is 9.59 Å². The smallest absolute Gasteiger partial charge is 0.234 e. The average molecular weight is 356 g/mol. The lowest BCUT2D eigenvalue weighted by Crippen LogP contribution is -2.14. The first-order valence-electron chi connectivity index (χ1n) is 8.31. The third kappa shape index (κ3) is 5.46. The second-order valence-corrected chi connectivity index (χ2v) is 8.22. The van der Waals surface area contributed by atoms with Crippen molar-refractivity contribution in [3.05, 3.63) is 59.2 Å². The van der Waals surface area contributed by atoms with Crippen LogP contribution in [0.15, 0.2) is 47.4 Å². The molecule has 0 fully saturated rings. The van der Waals surface area contributed by atoms with Crippen molar-refractivity contribution in [3.8, 4) is 0 Å². The number of carbonyl (C=O) groups excluding carboxylic acids is 2. The highest BCUT2D eigenvalue weighted by molar-refractivity contribution is 8.00. The minimum absolute atomic E-state index is 0.0163. The van der Waals surface area contributed by atoms with Crippen LogP contribution in [0.3, 0.4) is 0 Å². The molecule has 0 aliphatic rings. The van der Waals surface area contributed by atoms with Gasteiger partial charge in [0.2, 0.25) is 5.91 Å². The van der Waals surface area contributed by atoms with Crippen LogP contribution in [-0.2, 0) is 10.2 Å². The molecule has 0 heterocycles. The molecule has 0 bridgehead atoms. The van der Waals surface area contributed by atoms with E-state index < -0.39 is 0 Å². The number of nitrogens with one attached hydrogen (secondary N) is 1. The summed E-state index contributed by atoms with van der Waals surface area (Å²) in [4.78, 5) is 24.6. The highest BCUT2D eigenvalue weighted by Crippen LogP contribution is 2.29. The molecule has 0 unspecified atom stereocenters. The Balaban J connectivity index is 1.99. The number of thioether (sulfide) groups is 1. The summed E-state index contributed by atoms with van der Waals surface area (Å²) in [7, 11) is 0. The van der Waals surface area contributed by atoms with Crippen molar-refractivity contribution in [3.63, 3.8) is 0 Å². The van der Waals surface area contributed by atoms with Crippen LogP contribution in [0.5, 0.6) is 0 Å². The summed E-state index contributed by atoms with van der Waals surface area (Å²) in [6.45, 7) is 10.1. The highest BCUT2D eigenvalue weighted by Gasteiger charge is 2.15. The first-order valence-corrected chi connectivity index (χ1v) is 9.30. The van der Waals surface area contributed by atoms with E-state index in [0.717, 1.165) is 4.90 Å². The van der Waals surface area contributed by atoms with Gasteiger partial charge in [-0.1, -0.05) is 32.9 Å². The van der Waals surface area contributed by atoms with Gasteiger partial charge in [-0.05, 0) is 60.7 Å². The molecule has 132 valence electrons. The van der Waals surface area contributed by atoms with Crippen LogP contribution in [0, 0.1) is 6.92 Å². The van der Waals surface area contributed by atoms with Crippen LogP contribution in [-0.4, -0.2) is 17.4 Å². The number of Topliss-reactive ketones (excluding diaryl/α,β-unsaturated/α-hetero) is 1. The second kappa shape index (κ2) is 7.87. The predicted molar refractivity (Wildman–Crippen MR) is 106 cm³/mol. The summed E-state index contributed by atoms with van der Waals surface area (Å²) >= 11 is 1.55. The van der Waals surface area contributed by atoms with E-state index in [1.807, 2.05) is 0 Å². The van der Waals surface area contributed by atoms with Crippen molar-refractivity contribution < 1.29 is 9.59 Å². The normalized spacial score (nSPS) is 11.2. The summed E-state index contributed by atoms with van der Waals surface area (Å²) in [5.41, 5.74) is 3.87. The minimum atomic E-state index is -0.0545. The van der Waals surface area contributed by atoms with E-state index in [4.69, 9.17) is 0 Å². The average Bonchev–Trinajstić information content (AvgIpc) is 2.53. The monoisotopic (exact) mass is 355 g/mol. The van der Waals surface area contributed by atoms with Crippen molar-refractivity contribution in [1.82, 2.24) is 0 Å². The number of amides is 1. The quantitative estimate of drug-likeness (QED) is 0.590. The summed E-state index contributed by atoms with van der Waals surface area (Å²) in [6, 6.07) is 13.4. The van der Waals surface area contributed by atoms with Crippen LogP contribution >= 0.6 is 11.8 Å². The molecule has 3 nitrogen and oxygen atoms in total. The Morgan fingerprint density at radius 1 is 1.04 bits per heavy atom. The van der Waals surface area contributed by atoms with E-state index >= 15 is 0 Å². The van der Waals surface area contributed by atoms with Gasteiger partial charge >= 0.3 is 0 Å². The van der Waals surface area contributed by atoms with Crippen LogP contribution in [0.1, 0.15) is 49.2 Å². The SMILES string of the molecule is CC(=O)c1ccc(NC(=O)CSc2cc(C(C)(C)C)ccc2C)cc1. The molecule has 2 rings (SSSR count). The first-order chi connectivity index (χ1) is 11.7. The lowest BCUT2D eigenvalue weighted by atomic mass is 9.87. The van der Waals surface area contributed by atoms with Gasteiger partial charge in [-0.15, -0.1) is 11.8 Å². The predicted octanol–water partition coefficient (Wildman–Crippen LogP) is 5.23. The van der Waals surface area contributed by atoms with Gasteiger partial charge in [0, 0.05) is 16.1 Å². The Morgan fingerprint density at radius 3 is 2.24 bits per heavy atom. The summed E-state index contributed by atoms with van der Waals surface area (Å²) in [5.74, 6) is 0.312. The number of ketones is 1. The molecule has 0 atom stereocenters. The Bertz CT molecular complexity index is 773. The van der Waals surface area contributed by atoms with Crippen LogP contribution in [0.25, 0.3) is 0 Å². The molecule has 0 aromatic heterocycles. The fourth-order valence-electron chi connectivity index (χ4n) is 2.35. The molecular formula is C21H25NO2S. The minimum Gasteiger partial charge on any atom is -0.325 e. The fourth-order valence-corrected chi connectivity index (χ4v) is 3.22. The van der Waals surface area contributed by atoms with Crippen LogP contribution < -0.4 is 5.32 Å². The molecule has 0 saturated heterocycles. The fraction of sp³-hybridized carbons (Fsp3) is 0.333. The van der Waals surface area contributed by atoms with Crippen molar-refractivity contribution in [2.75, 3.05) is 11.1 Å². The topological polar surface area (TPSA) is 46.2 Å². The van der Waals surface area contributed by atoms with E-state index in [9.17, 15) is 9.59 Å². The maximum absolute atomic E-state index is 12.2. The number of aryl methyl sites for hydroxylation is 1. The molecule has 0 aliphatic carbocycles. The lowest BCUT2D eigenvalue weighted by molar-refractivity contribution is -0.113. The zero-order chi connectivity index (χ0) is 18.6. The van der Waals surface area contributed by atoms with Gasteiger partial charge in [-0.2, -0.15) is 0 Å². The van der Waals surface area contributed by atoms with E-state index in [-0.39, 0.29) is 17.1 Å². The van der Waals surface area contributed by atoms with E-state index in [1.54, 1.807) is 36.0 Å². The van der Waals surface area contributed by atoms with E-state index in [2.05, 4.69) is 51.2 Å². The Morgan fingerprint density at radius 2 is 1.68 bits per heavy atom. The summed E-state index contributed by atoms with van der Waals surface area (Å²) in [6.07, 6.45) is 0. The third-order valence-corrected chi connectivity index (χ3v) is 5.15. The Hall–Kier alpha value is -2.07. The summed E-state index contributed by atoms with van der Waals surface area (Å²) < 4.78 is 0. The van der Waals surface area contributed by atoms with Crippen molar-refractivity contribution in [2.45, 2.75) is 44.9 Å². The largest absolute Gasteiger partial charge is 0.325 e. The van der Waals surface area contributed by atoms with E-state index in [1.165, 1.54) is 18.1 Å². The van der Waals surface area contributed by atoms with Crippen molar-refractivity contribution in [1.29, 1.82) is 0 Å². The van der Waals surface area contributed by atoms with Gasteiger partial charge < -0.3 is 5.32 Å². The number of benzene rings is 2. The number of anilines is 1. The van der Waals surface area contributed by atoms with Crippen LogP contribution in [0.4, 0.5) is 5.69 Å². The Kier molecular flexibility index (Phi) is 6.07. The maximum atomic E-state index is 12.2. The molecule has 0 radical (unpaired) electrons. The molecule has 25 heavy (non-hydrogen) atoms. The molecule has 2 aromatic carbocycles. The molecule has 4 heteroatoms. The molecular weight excluding hydrogens is 330 g/mol. The molecule has 0 spiro atoms. The van der Waals surface area contributed by atoms with Gasteiger partial charge in [0.05, 0.1) is 5.75 Å².